The van der Waals surface area contributed by atoms with E-state index in [0.29, 0.717) is 30.2 Å². The first-order chi connectivity index (χ1) is 20.4. The zero-order valence-corrected chi connectivity index (χ0v) is 24.6. The van der Waals surface area contributed by atoms with Gasteiger partial charge in [0, 0.05) is 49.7 Å². The van der Waals surface area contributed by atoms with E-state index in [1.54, 1.807) is 39.1 Å². The molecule has 0 radical (unpaired) electrons. The molecule has 5 rings (SSSR count). The number of nitrogens with one attached hydrogen (secondary N) is 3. The third-order valence-corrected chi connectivity index (χ3v) is 8.30. The van der Waals surface area contributed by atoms with E-state index in [1.807, 2.05) is 18.2 Å². The van der Waals surface area contributed by atoms with E-state index in [-0.39, 0.29) is 42.2 Å². The summed E-state index contributed by atoms with van der Waals surface area (Å²) in [5.41, 5.74) is 1.85. The Morgan fingerprint density at radius 3 is 2.58 bits per heavy atom. The molecule has 9 nitrogen and oxygen atoms in total. The first-order valence-corrected chi connectivity index (χ1v) is 14.2. The Balaban J connectivity index is 1.36. The van der Waals surface area contributed by atoms with Gasteiger partial charge in [-0.15, -0.1) is 0 Å². The van der Waals surface area contributed by atoms with Gasteiger partial charge in [0.2, 0.25) is 17.8 Å². The normalized spacial score (nSPS) is 16.4. The average Bonchev–Trinajstić information content (AvgIpc) is 3.23. The van der Waals surface area contributed by atoms with E-state index in [0.717, 1.165) is 35.9 Å². The average molecular weight is 597 g/mol. The highest BCUT2D eigenvalue weighted by molar-refractivity contribution is 6.06. The molecular formula is C31H35F3N6O3. The Kier molecular flexibility index (Phi) is 8.22. The third-order valence-electron chi connectivity index (χ3n) is 8.30. The fourth-order valence-corrected chi connectivity index (χ4v) is 5.90. The maximum absolute atomic E-state index is 14.0. The summed E-state index contributed by atoms with van der Waals surface area (Å²) in [4.78, 5) is 34.9. The lowest BCUT2D eigenvalue weighted by atomic mass is 9.82. The number of halogens is 3. The fraction of sp³-hybridized carbons (Fsp3) is 0.419. The number of hydrogen-bond acceptors (Lipinski definition) is 7. The standard InChI is InChI=1S/C31H35F3N6O3/c1-30(2)26-18(6-5-7-24(26)37-28(30)42)8-10-22-21(31(32,33)34)17-36-29(38-22)39-23-11-9-20(16-25(23)43-4)40-14-12-19(13-15-40)27(41)35-3/h5-7,9,11,16-17,19H,8,10,12-15H2,1-4H3,(H,35,41)(H,37,42)(H,36,38,39). The van der Waals surface area contributed by atoms with Gasteiger partial charge in [0.1, 0.15) is 5.75 Å². The molecule has 12 heteroatoms. The Morgan fingerprint density at radius 1 is 1.16 bits per heavy atom. The van der Waals surface area contributed by atoms with Gasteiger partial charge in [-0.05, 0) is 68.9 Å². The van der Waals surface area contributed by atoms with E-state index in [2.05, 4.69) is 30.8 Å². The van der Waals surface area contributed by atoms with Gasteiger partial charge in [-0.25, -0.2) is 9.97 Å². The second-order valence-electron chi connectivity index (χ2n) is 11.4. The number of rotatable bonds is 8. The first-order valence-electron chi connectivity index (χ1n) is 14.2. The van der Waals surface area contributed by atoms with Crippen molar-refractivity contribution in [3.8, 4) is 5.75 Å². The highest BCUT2D eigenvalue weighted by Gasteiger charge is 2.40. The summed E-state index contributed by atoms with van der Waals surface area (Å²) in [6.45, 7) is 5.03. The predicted octanol–water partition coefficient (Wildman–Crippen LogP) is 5.22. The topological polar surface area (TPSA) is 108 Å². The van der Waals surface area contributed by atoms with Crippen molar-refractivity contribution in [1.82, 2.24) is 15.3 Å². The summed E-state index contributed by atoms with van der Waals surface area (Å²) in [5, 5.41) is 8.59. The van der Waals surface area contributed by atoms with Crippen LogP contribution in [0.5, 0.6) is 5.75 Å². The van der Waals surface area contributed by atoms with Gasteiger partial charge < -0.3 is 25.6 Å². The molecule has 228 valence electrons. The molecule has 43 heavy (non-hydrogen) atoms. The summed E-state index contributed by atoms with van der Waals surface area (Å²) in [5.74, 6) is 0.388. The van der Waals surface area contributed by atoms with Crippen LogP contribution in [0.4, 0.5) is 36.2 Å². The van der Waals surface area contributed by atoms with E-state index in [4.69, 9.17) is 4.74 Å². The highest BCUT2D eigenvalue weighted by Crippen LogP contribution is 2.41. The van der Waals surface area contributed by atoms with Crippen molar-refractivity contribution in [1.29, 1.82) is 0 Å². The molecule has 0 spiro atoms. The number of aromatic nitrogens is 2. The third kappa shape index (κ3) is 6.09. The van der Waals surface area contributed by atoms with Gasteiger partial charge in [0.05, 0.1) is 29.5 Å². The SMILES string of the molecule is CNC(=O)C1CCN(c2ccc(Nc3ncc(C(F)(F)F)c(CCc4cccc5c4C(C)(C)C(=O)N5)n3)c(OC)c2)CC1. The number of amides is 2. The van der Waals surface area contributed by atoms with Gasteiger partial charge in [-0.2, -0.15) is 13.2 Å². The van der Waals surface area contributed by atoms with Crippen LogP contribution in [0.1, 0.15) is 49.1 Å². The van der Waals surface area contributed by atoms with Crippen molar-refractivity contribution in [2.24, 2.45) is 5.92 Å². The monoisotopic (exact) mass is 596 g/mol. The van der Waals surface area contributed by atoms with E-state index in [9.17, 15) is 22.8 Å². The van der Waals surface area contributed by atoms with Gasteiger partial charge in [0.25, 0.3) is 0 Å². The van der Waals surface area contributed by atoms with Gasteiger partial charge >= 0.3 is 6.18 Å². The summed E-state index contributed by atoms with van der Waals surface area (Å²) in [7, 11) is 3.16. The summed E-state index contributed by atoms with van der Waals surface area (Å²) >= 11 is 0. The quantitative estimate of drug-likeness (QED) is 0.327. The van der Waals surface area contributed by atoms with Crippen molar-refractivity contribution >= 4 is 34.8 Å². The Labute approximate surface area is 248 Å². The molecule has 0 bridgehead atoms. The number of carbonyl (C=O) groups excluding carboxylic acids is 2. The summed E-state index contributed by atoms with van der Waals surface area (Å²) in [6, 6.07) is 10.9. The van der Waals surface area contributed by atoms with Crippen LogP contribution in [0.15, 0.2) is 42.6 Å². The fourth-order valence-electron chi connectivity index (χ4n) is 5.90. The number of aryl methyl sites for hydroxylation is 2. The van der Waals surface area contributed by atoms with Crippen LogP contribution in [-0.2, 0) is 34.0 Å². The van der Waals surface area contributed by atoms with Crippen molar-refractivity contribution in [2.75, 3.05) is 42.8 Å². The lowest BCUT2D eigenvalue weighted by Crippen LogP contribution is -2.39. The number of hydrogen-bond donors (Lipinski definition) is 3. The molecule has 1 fully saturated rings. The van der Waals surface area contributed by atoms with Gasteiger partial charge in [-0.3, -0.25) is 9.59 Å². The number of ether oxygens (including phenoxy) is 1. The molecule has 3 aromatic rings. The minimum atomic E-state index is -4.63. The second-order valence-corrected chi connectivity index (χ2v) is 11.4. The summed E-state index contributed by atoms with van der Waals surface area (Å²) in [6.07, 6.45) is -2.11. The molecule has 0 aliphatic carbocycles. The van der Waals surface area contributed by atoms with E-state index >= 15 is 0 Å². The molecule has 2 aliphatic rings. The van der Waals surface area contributed by atoms with Gasteiger partial charge in [-0.1, -0.05) is 12.1 Å². The van der Waals surface area contributed by atoms with Crippen molar-refractivity contribution in [3.63, 3.8) is 0 Å². The molecule has 1 aromatic heterocycles. The van der Waals surface area contributed by atoms with Crippen LogP contribution in [-0.4, -0.2) is 49.0 Å². The first kappa shape index (κ1) is 30.1. The number of fused-ring (bicyclic) bond motifs is 1. The zero-order chi connectivity index (χ0) is 30.9. The molecule has 0 saturated carbocycles. The maximum Gasteiger partial charge on any atom is 0.419 e. The minimum Gasteiger partial charge on any atom is -0.494 e. The number of alkyl halides is 3. The van der Waals surface area contributed by atoms with E-state index < -0.39 is 17.2 Å². The van der Waals surface area contributed by atoms with Crippen LogP contribution in [0.3, 0.4) is 0 Å². The number of benzene rings is 2. The molecule has 0 atom stereocenters. The summed E-state index contributed by atoms with van der Waals surface area (Å²) < 4.78 is 47.4. The maximum atomic E-state index is 14.0. The molecule has 1 saturated heterocycles. The largest absolute Gasteiger partial charge is 0.494 e. The predicted molar refractivity (Wildman–Crippen MR) is 158 cm³/mol. The highest BCUT2D eigenvalue weighted by atomic mass is 19.4. The molecule has 2 amide bonds. The Bertz CT molecular complexity index is 1530. The lowest BCUT2D eigenvalue weighted by Gasteiger charge is -2.33. The second kappa shape index (κ2) is 11.7. The molecule has 0 unspecified atom stereocenters. The number of carbonyl (C=O) groups is 2. The number of anilines is 4. The van der Waals surface area contributed by atoms with Crippen LogP contribution in [0.25, 0.3) is 0 Å². The van der Waals surface area contributed by atoms with Crippen molar-refractivity contribution in [3.05, 3.63) is 65.0 Å². The number of methoxy groups -OCH3 is 1. The van der Waals surface area contributed by atoms with Crippen LogP contribution >= 0.6 is 0 Å². The van der Waals surface area contributed by atoms with Crippen LogP contribution in [0, 0.1) is 5.92 Å². The Morgan fingerprint density at radius 2 is 1.91 bits per heavy atom. The van der Waals surface area contributed by atoms with Crippen LogP contribution < -0.4 is 25.6 Å². The van der Waals surface area contributed by atoms with Crippen LogP contribution in [0.2, 0.25) is 0 Å². The van der Waals surface area contributed by atoms with E-state index in [1.165, 1.54) is 7.11 Å². The smallest absolute Gasteiger partial charge is 0.419 e. The van der Waals surface area contributed by atoms with Crippen molar-refractivity contribution < 1.29 is 27.5 Å². The number of piperidine rings is 1. The Hall–Kier alpha value is -4.35. The molecule has 3 N–H and O–H groups in total. The molecule has 3 heterocycles. The van der Waals surface area contributed by atoms with Gasteiger partial charge in [0.15, 0.2) is 0 Å². The minimum absolute atomic E-state index is 0.00511. The lowest BCUT2D eigenvalue weighted by molar-refractivity contribution is -0.138. The number of nitrogens with zero attached hydrogens (tertiary/aromatic N) is 3. The molecule has 2 aromatic carbocycles. The van der Waals surface area contributed by atoms with Crippen molar-refractivity contribution in [2.45, 2.75) is 51.1 Å². The molecular weight excluding hydrogens is 561 g/mol. The molecule has 2 aliphatic heterocycles. The zero-order valence-electron chi connectivity index (χ0n) is 24.6.